The highest BCUT2D eigenvalue weighted by molar-refractivity contribution is 5.92. The van der Waals surface area contributed by atoms with Crippen LogP contribution in [0, 0.1) is 0 Å². The van der Waals surface area contributed by atoms with E-state index in [1.807, 2.05) is 32.0 Å². The third kappa shape index (κ3) is 2.91. The maximum atomic E-state index is 12.7. The molecule has 2 atom stereocenters. The summed E-state index contributed by atoms with van der Waals surface area (Å²) in [5.74, 6) is 0.636. The minimum atomic E-state index is -0.360. The Bertz CT molecular complexity index is 820. The molecular formula is C18H20N4O4. The smallest absolute Gasteiger partial charge is 0.410 e. The third-order valence-corrected chi connectivity index (χ3v) is 4.79. The molecule has 0 saturated carbocycles. The van der Waals surface area contributed by atoms with Crippen LogP contribution in [0.1, 0.15) is 41.7 Å². The van der Waals surface area contributed by atoms with Crippen molar-refractivity contribution in [3.63, 3.8) is 0 Å². The van der Waals surface area contributed by atoms with Gasteiger partial charge in [-0.2, -0.15) is 0 Å². The molecule has 2 aromatic heterocycles. The number of carbonyl (C=O) groups is 2. The molecule has 4 rings (SSSR count). The fourth-order valence-corrected chi connectivity index (χ4v) is 3.34. The number of hydrogen-bond donors (Lipinski definition) is 0. The van der Waals surface area contributed by atoms with Crippen molar-refractivity contribution in [1.29, 1.82) is 0 Å². The molecule has 2 amide bonds. The maximum Gasteiger partial charge on any atom is 0.410 e. The highest BCUT2D eigenvalue weighted by atomic mass is 16.6. The SMILES string of the molecule is CC(C)c1cc(C(=O)N2C[C@H]3OC(=O)N(Cc4ccccn4)[C@H]3C2)no1. The van der Waals surface area contributed by atoms with E-state index in [9.17, 15) is 9.59 Å². The summed E-state index contributed by atoms with van der Waals surface area (Å²) >= 11 is 0. The van der Waals surface area contributed by atoms with Gasteiger partial charge in [0.05, 0.1) is 24.8 Å². The standard InChI is InChI=1S/C18H20N4O4/c1-11(2)15-7-13(20-26-15)17(23)21-9-14-16(10-21)25-18(24)22(14)8-12-5-3-4-6-19-12/h3-7,11,14,16H,8-10H2,1-2H3/t14-,16+/m0/s1. The monoisotopic (exact) mass is 356 g/mol. The molecule has 2 aliphatic heterocycles. The highest BCUT2D eigenvalue weighted by Crippen LogP contribution is 2.29. The number of pyridine rings is 1. The Morgan fingerprint density at radius 2 is 2.19 bits per heavy atom. The van der Waals surface area contributed by atoms with Gasteiger partial charge in [0.15, 0.2) is 5.69 Å². The number of rotatable bonds is 4. The molecule has 0 aliphatic carbocycles. The summed E-state index contributed by atoms with van der Waals surface area (Å²) in [6.07, 6.45) is 1.00. The topological polar surface area (TPSA) is 88.8 Å². The molecule has 8 nitrogen and oxygen atoms in total. The van der Waals surface area contributed by atoms with Crippen molar-refractivity contribution in [2.45, 2.75) is 38.5 Å². The van der Waals surface area contributed by atoms with Gasteiger partial charge in [0.1, 0.15) is 11.9 Å². The number of aromatic nitrogens is 2. The zero-order chi connectivity index (χ0) is 18.3. The van der Waals surface area contributed by atoms with E-state index in [-0.39, 0.29) is 35.8 Å². The van der Waals surface area contributed by atoms with Crippen LogP contribution in [0.2, 0.25) is 0 Å². The van der Waals surface area contributed by atoms with Gasteiger partial charge >= 0.3 is 6.09 Å². The van der Waals surface area contributed by atoms with Crippen LogP contribution in [0.15, 0.2) is 35.0 Å². The fourth-order valence-electron chi connectivity index (χ4n) is 3.34. The van der Waals surface area contributed by atoms with Gasteiger partial charge in [-0.3, -0.25) is 14.7 Å². The summed E-state index contributed by atoms with van der Waals surface area (Å²) < 4.78 is 10.7. The second-order valence-corrected chi connectivity index (χ2v) is 6.92. The first kappa shape index (κ1) is 16.6. The van der Waals surface area contributed by atoms with Gasteiger partial charge in [-0.15, -0.1) is 0 Å². The van der Waals surface area contributed by atoms with Crippen LogP contribution in [0.3, 0.4) is 0 Å². The third-order valence-electron chi connectivity index (χ3n) is 4.79. The average Bonchev–Trinajstić information content (AvgIpc) is 3.32. The first-order valence-corrected chi connectivity index (χ1v) is 8.66. The van der Waals surface area contributed by atoms with E-state index in [0.717, 1.165) is 5.69 Å². The molecule has 0 aromatic carbocycles. The van der Waals surface area contributed by atoms with Gasteiger partial charge in [-0.25, -0.2) is 4.79 Å². The lowest BCUT2D eigenvalue weighted by Crippen LogP contribution is -2.39. The molecule has 4 heterocycles. The lowest BCUT2D eigenvalue weighted by molar-refractivity contribution is 0.0716. The van der Waals surface area contributed by atoms with E-state index in [1.54, 1.807) is 22.1 Å². The van der Waals surface area contributed by atoms with E-state index < -0.39 is 0 Å². The molecule has 0 unspecified atom stereocenters. The molecule has 0 bridgehead atoms. The molecule has 26 heavy (non-hydrogen) atoms. The van der Waals surface area contributed by atoms with Crippen molar-refractivity contribution in [1.82, 2.24) is 19.9 Å². The Balaban J connectivity index is 1.46. The molecule has 2 fully saturated rings. The zero-order valence-electron chi connectivity index (χ0n) is 14.7. The summed E-state index contributed by atoms with van der Waals surface area (Å²) in [6.45, 7) is 5.09. The molecular weight excluding hydrogens is 336 g/mol. The minimum Gasteiger partial charge on any atom is -0.442 e. The molecule has 8 heteroatoms. The predicted octanol–water partition coefficient (Wildman–Crippen LogP) is 2.04. The van der Waals surface area contributed by atoms with E-state index in [1.165, 1.54) is 0 Å². The molecule has 2 saturated heterocycles. The van der Waals surface area contributed by atoms with Crippen LogP contribution in [0.25, 0.3) is 0 Å². The predicted molar refractivity (Wildman–Crippen MR) is 90.3 cm³/mol. The maximum absolute atomic E-state index is 12.7. The normalized spacial score (nSPS) is 22.0. The van der Waals surface area contributed by atoms with Crippen molar-refractivity contribution in [3.8, 4) is 0 Å². The number of carbonyl (C=O) groups excluding carboxylic acids is 2. The number of fused-ring (bicyclic) bond motifs is 1. The summed E-state index contributed by atoms with van der Waals surface area (Å²) in [7, 11) is 0. The Kier molecular flexibility index (Phi) is 4.10. The van der Waals surface area contributed by atoms with Crippen molar-refractivity contribution in [3.05, 3.63) is 47.6 Å². The van der Waals surface area contributed by atoms with Gasteiger partial charge in [0.2, 0.25) is 0 Å². The number of ether oxygens (including phenoxy) is 1. The van der Waals surface area contributed by atoms with E-state index >= 15 is 0 Å². The molecule has 136 valence electrons. The van der Waals surface area contributed by atoms with Crippen molar-refractivity contribution >= 4 is 12.0 Å². The van der Waals surface area contributed by atoms with Gasteiger partial charge in [-0.1, -0.05) is 25.1 Å². The van der Waals surface area contributed by atoms with Crippen LogP contribution in [0.5, 0.6) is 0 Å². The van der Waals surface area contributed by atoms with E-state index in [4.69, 9.17) is 9.26 Å². The van der Waals surface area contributed by atoms with Gasteiger partial charge < -0.3 is 14.2 Å². The summed E-state index contributed by atoms with van der Waals surface area (Å²) in [6, 6.07) is 7.07. The van der Waals surface area contributed by atoms with Gasteiger partial charge in [0.25, 0.3) is 5.91 Å². The quantitative estimate of drug-likeness (QED) is 0.833. The van der Waals surface area contributed by atoms with Crippen molar-refractivity contribution in [2.24, 2.45) is 0 Å². The Morgan fingerprint density at radius 3 is 2.88 bits per heavy atom. The van der Waals surface area contributed by atoms with E-state index in [0.29, 0.717) is 25.4 Å². The van der Waals surface area contributed by atoms with Crippen LogP contribution in [0.4, 0.5) is 4.79 Å². The largest absolute Gasteiger partial charge is 0.442 e. The number of hydrogen-bond acceptors (Lipinski definition) is 6. The van der Waals surface area contributed by atoms with Crippen LogP contribution < -0.4 is 0 Å². The number of likely N-dealkylation sites (tertiary alicyclic amines) is 1. The van der Waals surface area contributed by atoms with Crippen LogP contribution in [-0.4, -0.2) is 57.2 Å². The Labute approximate surface area is 150 Å². The molecule has 2 aliphatic rings. The average molecular weight is 356 g/mol. The lowest BCUT2D eigenvalue weighted by atomic mass is 10.1. The number of nitrogens with zero attached hydrogens (tertiary/aromatic N) is 4. The first-order chi connectivity index (χ1) is 12.5. The molecule has 0 N–H and O–H groups in total. The van der Waals surface area contributed by atoms with Crippen molar-refractivity contribution < 1.29 is 18.8 Å². The lowest BCUT2D eigenvalue weighted by Gasteiger charge is -2.21. The second-order valence-electron chi connectivity index (χ2n) is 6.92. The summed E-state index contributed by atoms with van der Waals surface area (Å²) in [4.78, 5) is 32.4. The zero-order valence-corrected chi connectivity index (χ0v) is 14.7. The summed E-state index contributed by atoms with van der Waals surface area (Å²) in [5, 5.41) is 3.88. The second kappa shape index (κ2) is 6.44. The van der Waals surface area contributed by atoms with Crippen molar-refractivity contribution in [2.75, 3.05) is 13.1 Å². The highest BCUT2D eigenvalue weighted by Gasteiger charge is 2.49. The van der Waals surface area contributed by atoms with E-state index in [2.05, 4.69) is 10.1 Å². The molecule has 0 radical (unpaired) electrons. The fraction of sp³-hybridized carbons (Fsp3) is 0.444. The van der Waals surface area contributed by atoms with Gasteiger partial charge in [-0.05, 0) is 12.1 Å². The molecule has 0 spiro atoms. The minimum absolute atomic E-state index is 0.164. The Hall–Kier alpha value is -2.90. The first-order valence-electron chi connectivity index (χ1n) is 8.66. The molecule has 2 aromatic rings. The van der Waals surface area contributed by atoms with Crippen LogP contribution in [-0.2, 0) is 11.3 Å². The Morgan fingerprint density at radius 1 is 1.35 bits per heavy atom. The summed E-state index contributed by atoms with van der Waals surface area (Å²) in [5.41, 5.74) is 1.07. The van der Waals surface area contributed by atoms with Crippen LogP contribution >= 0.6 is 0 Å². The number of amides is 2. The van der Waals surface area contributed by atoms with Gasteiger partial charge in [0, 0.05) is 24.7 Å².